The van der Waals surface area contributed by atoms with E-state index >= 15 is 0 Å². The number of aliphatic carboxylic acids is 1. The molecule has 14 heavy (non-hydrogen) atoms. The summed E-state index contributed by atoms with van der Waals surface area (Å²) in [5.41, 5.74) is -1.30. The third-order valence-corrected chi connectivity index (χ3v) is 2.93. The predicted octanol–water partition coefficient (Wildman–Crippen LogP) is 1.44. The lowest BCUT2D eigenvalue weighted by Gasteiger charge is -2.37. The van der Waals surface area contributed by atoms with Crippen molar-refractivity contribution in [3.63, 3.8) is 0 Å². The van der Waals surface area contributed by atoms with Gasteiger partial charge in [0.1, 0.15) is 0 Å². The Morgan fingerprint density at radius 3 is 2.57 bits per heavy atom. The number of esters is 1. The molecule has 1 heterocycles. The Balaban J connectivity index is 2.91. The average molecular weight is 200 g/mol. The first-order chi connectivity index (χ1) is 6.40. The minimum Gasteiger partial charge on any atom is -0.478 e. The second kappa shape index (κ2) is 3.59. The fourth-order valence-electron chi connectivity index (χ4n) is 1.68. The molecule has 0 aromatic carbocycles. The van der Waals surface area contributed by atoms with Gasteiger partial charge in [0.05, 0.1) is 5.92 Å². The Morgan fingerprint density at radius 2 is 2.21 bits per heavy atom. The quantitative estimate of drug-likeness (QED) is 0.685. The summed E-state index contributed by atoms with van der Waals surface area (Å²) < 4.78 is 5.07. The molecule has 1 aliphatic rings. The minimum absolute atomic E-state index is 0.179. The van der Waals surface area contributed by atoms with Crippen LogP contribution < -0.4 is 0 Å². The van der Waals surface area contributed by atoms with Gasteiger partial charge < -0.3 is 9.84 Å². The first kappa shape index (κ1) is 11.0. The van der Waals surface area contributed by atoms with Crippen LogP contribution >= 0.6 is 0 Å². The average Bonchev–Trinajstić information content (AvgIpc) is 2.09. The topological polar surface area (TPSA) is 63.6 Å². The molecule has 0 spiro atoms. The van der Waals surface area contributed by atoms with Gasteiger partial charge in [-0.15, -0.1) is 0 Å². The zero-order chi connectivity index (χ0) is 10.9. The molecule has 0 aliphatic carbocycles. The molecule has 0 amide bonds. The first-order valence-corrected chi connectivity index (χ1v) is 4.86. The molecule has 0 aromatic heterocycles. The maximum absolute atomic E-state index is 11.3. The van der Waals surface area contributed by atoms with Crippen LogP contribution in [0.2, 0.25) is 0 Å². The fraction of sp³-hybridized carbons (Fsp3) is 0.800. The summed E-state index contributed by atoms with van der Waals surface area (Å²) in [6, 6.07) is 0. The van der Waals surface area contributed by atoms with Crippen molar-refractivity contribution in [2.24, 2.45) is 11.8 Å². The predicted molar refractivity (Wildman–Crippen MR) is 49.7 cm³/mol. The van der Waals surface area contributed by atoms with Gasteiger partial charge in [0, 0.05) is 5.92 Å². The molecule has 4 nitrogen and oxygen atoms in total. The molecule has 1 saturated heterocycles. The number of rotatable bonds is 2. The summed E-state index contributed by atoms with van der Waals surface area (Å²) in [5, 5.41) is 9.09. The monoisotopic (exact) mass is 200 g/mol. The van der Waals surface area contributed by atoms with E-state index in [1.54, 1.807) is 20.8 Å². The van der Waals surface area contributed by atoms with Gasteiger partial charge in [-0.3, -0.25) is 4.79 Å². The van der Waals surface area contributed by atoms with Crippen LogP contribution in [0.5, 0.6) is 0 Å². The van der Waals surface area contributed by atoms with Crippen molar-refractivity contribution in [1.82, 2.24) is 0 Å². The number of ether oxygens (including phenoxy) is 1. The molecule has 2 unspecified atom stereocenters. The minimum atomic E-state index is -1.30. The molecule has 0 bridgehead atoms. The summed E-state index contributed by atoms with van der Waals surface area (Å²) >= 11 is 0. The number of carboxylic acids is 1. The van der Waals surface area contributed by atoms with Crippen molar-refractivity contribution in [1.29, 1.82) is 0 Å². The molecule has 2 atom stereocenters. The van der Waals surface area contributed by atoms with Crippen molar-refractivity contribution in [2.75, 3.05) is 0 Å². The van der Waals surface area contributed by atoms with E-state index in [4.69, 9.17) is 9.84 Å². The van der Waals surface area contributed by atoms with Crippen LogP contribution in [0.1, 0.15) is 33.6 Å². The lowest BCUT2D eigenvalue weighted by atomic mass is 9.81. The third-order valence-electron chi connectivity index (χ3n) is 2.93. The lowest BCUT2D eigenvalue weighted by molar-refractivity contribution is -0.195. The Bertz CT molecular complexity index is 259. The zero-order valence-corrected chi connectivity index (χ0v) is 8.74. The van der Waals surface area contributed by atoms with E-state index in [-0.39, 0.29) is 11.8 Å². The SMILES string of the molecule is CC1CCC(C(=O)O)(C(C)C)OC1=O. The van der Waals surface area contributed by atoms with Crippen LogP contribution in [-0.4, -0.2) is 22.6 Å². The number of cyclic esters (lactones) is 1. The van der Waals surface area contributed by atoms with E-state index in [0.717, 1.165) is 0 Å². The van der Waals surface area contributed by atoms with E-state index in [0.29, 0.717) is 12.8 Å². The van der Waals surface area contributed by atoms with Gasteiger partial charge in [-0.2, -0.15) is 0 Å². The normalized spacial score (nSPS) is 32.9. The smallest absolute Gasteiger partial charge is 0.348 e. The molecular weight excluding hydrogens is 184 g/mol. The largest absolute Gasteiger partial charge is 0.478 e. The van der Waals surface area contributed by atoms with Crippen molar-refractivity contribution in [2.45, 2.75) is 39.2 Å². The molecule has 0 saturated carbocycles. The Kier molecular flexibility index (Phi) is 2.83. The van der Waals surface area contributed by atoms with E-state index in [1.807, 2.05) is 0 Å². The van der Waals surface area contributed by atoms with Gasteiger partial charge in [-0.1, -0.05) is 20.8 Å². The molecule has 0 aromatic rings. The standard InChI is InChI=1S/C10H16O4/c1-6(2)10(9(12)13)5-4-7(3)8(11)14-10/h6-7H,4-5H2,1-3H3,(H,12,13). The maximum Gasteiger partial charge on any atom is 0.348 e. The zero-order valence-electron chi connectivity index (χ0n) is 8.74. The van der Waals surface area contributed by atoms with E-state index in [1.165, 1.54) is 0 Å². The summed E-state index contributed by atoms with van der Waals surface area (Å²) in [4.78, 5) is 22.4. The van der Waals surface area contributed by atoms with Crippen LogP contribution in [-0.2, 0) is 14.3 Å². The number of hydrogen-bond donors (Lipinski definition) is 1. The molecule has 1 rings (SSSR count). The van der Waals surface area contributed by atoms with Crippen molar-refractivity contribution < 1.29 is 19.4 Å². The Morgan fingerprint density at radius 1 is 1.64 bits per heavy atom. The molecule has 80 valence electrons. The van der Waals surface area contributed by atoms with Gasteiger partial charge in [-0.25, -0.2) is 4.79 Å². The second-order valence-electron chi connectivity index (χ2n) is 4.21. The summed E-state index contributed by atoms with van der Waals surface area (Å²) in [5.74, 6) is -1.81. The third kappa shape index (κ3) is 1.61. The lowest BCUT2D eigenvalue weighted by Crippen LogP contribution is -2.51. The summed E-state index contributed by atoms with van der Waals surface area (Å²) in [6.07, 6.45) is 0.996. The van der Waals surface area contributed by atoms with Crippen molar-refractivity contribution >= 4 is 11.9 Å². The van der Waals surface area contributed by atoms with Crippen molar-refractivity contribution in [3.8, 4) is 0 Å². The maximum atomic E-state index is 11.3. The highest BCUT2D eigenvalue weighted by Gasteiger charge is 2.49. The fourth-order valence-corrected chi connectivity index (χ4v) is 1.68. The number of carbonyl (C=O) groups is 2. The second-order valence-corrected chi connectivity index (χ2v) is 4.21. The van der Waals surface area contributed by atoms with Crippen LogP contribution in [0, 0.1) is 11.8 Å². The molecule has 1 N–H and O–H groups in total. The molecular formula is C10H16O4. The van der Waals surface area contributed by atoms with E-state index in [2.05, 4.69) is 0 Å². The first-order valence-electron chi connectivity index (χ1n) is 4.86. The van der Waals surface area contributed by atoms with Gasteiger partial charge in [0.2, 0.25) is 5.60 Å². The molecule has 1 fully saturated rings. The highest BCUT2D eigenvalue weighted by Crippen LogP contribution is 2.35. The Labute approximate surface area is 83.2 Å². The van der Waals surface area contributed by atoms with Crippen LogP contribution in [0.4, 0.5) is 0 Å². The summed E-state index contributed by atoms with van der Waals surface area (Å²) in [7, 11) is 0. The summed E-state index contributed by atoms with van der Waals surface area (Å²) in [6.45, 7) is 5.28. The number of carboxylic acid groups (broad SMARTS) is 1. The van der Waals surface area contributed by atoms with E-state index < -0.39 is 17.5 Å². The van der Waals surface area contributed by atoms with Crippen LogP contribution in [0.3, 0.4) is 0 Å². The van der Waals surface area contributed by atoms with E-state index in [9.17, 15) is 9.59 Å². The van der Waals surface area contributed by atoms with Crippen LogP contribution in [0.25, 0.3) is 0 Å². The van der Waals surface area contributed by atoms with Gasteiger partial charge in [0.25, 0.3) is 0 Å². The van der Waals surface area contributed by atoms with Gasteiger partial charge in [-0.05, 0) is 12.8 Å². The Hall–Kier alpha value is -1.06. The highest BCUT2D eigenvalue weighted by atomic mass is 16.6. The van der Waals surface area contributed by atoms with Crippen molar-refractivity contribution in [3.05, 3.63) is 0 Å². The molecule has 0 radical (unpaired) electrons. The number of carbonyl (C=O) groups excluding carboxylic acids is 1. The van der Waals surface area contributed by atoms with Gasteiger partial charge >= 0.3 is 11.9 Å². The molecule has 4 heteroatoms. The van der Waals surface area contributed by atoms with Crippen LogP contribution in [0.15, 0.2) is 0 Å². The van der Waals surface area contributed by atoms with Gasteiger partial charge in [0.15, 0.2) is 0 Å². The highest BCUT2D eigenvalue weighted by molar-refractivity contribution is 5.84. The molecule has 1 aliphatic heterocycles. The number of hydrogen-bond acceptors (Lipinski definition) is 3.